The Hall–Kier alpha value is -2.15. The molecule has 7 nitrogen and oxygen atoms in total. The third-order valence-corrected chi connectivity index (χ3v) is 5.28. The number of hydrogen-bond acceptors (Lipinski definition) is 6. The Labute approximate surface area is 155 Å². The molecule has 0 radical (unpaired) electrons. The van der Waals surface area contributed by atoms with Crippen LogP contribution in [0.4, 0.5) is 11.8 Å². The van der Waals surface area contributed by atoms with E-state index >= 15 is 0 Å². The SMILES string of the molecule is CCc1cc(N2CCC[C@@H](Cn3ccnc3)C2)nc(N2CCOCC2)n1. The van der Waals surface area contributed by atoms with Gasteiger partial charge in [-0.15, -0.1) is 0 Å². The van der Waals surface area contributed by atoms with Gasteiger partial charge in [0.2, 0.25) is 5.95 Å². The highest BCUT2D eigenvalue weighted by Crippen LogP contribution is 2.25. The molecule has 0 saturated carbocycles. The van der Waals surface area contributed by atoms with Crippen molar-refractivity contribution < 1.29 is 4.74 Å². The number of anilines is 2. The van der Waals surface area contributed by atoms with E-state index in [0.717, 1.165) is 69.8 Å². The van der Waals surface area contributed by atoms with E-state index in [1.54, 1.807) is 0 Å². The molecular formula is C19H28N6O. The van der Waals surface area contributed by atoms with Crippen LogP contribution in [0.5, 0.6) is 0 Å². The lowest BCUT2D eigenvalue weighted by Gasteiger charge is -2.35. The molecule has 7 heteroatoms. The zero-order valence-corrected chi connectivity index (χ0v) is 15.5. The molecular weight excluding hydrogens is 328 g/mol. The highest BCUT2D eigenvalue weighted by molar-refractivity contribution is 5.46. The van der Waals surface area contributed by atoms with Crippen LogP contribution in [0.2, 0.25) is 0 Å². The minimum Gasteiger partial charge on any atom is -0.378 e. The van der Waals surface area contributed by atoms with Crippen molar-refractivity contribution in [3.05, 3.63) is 30.5 Å². The molecule has 2 aliphatic heterocycles. The van der Waals surface area contributed by atoms with Crippen molar-refractivity contribution in [1.29, 1.82) is 0 Å². The largest absolute Gasteiger partial charge is 0.378 e. The quantitative estimate of drug-likeness (QED) is 0.817. The van der Waals surface area contributed by atoms with Gasteiger partial charge in [-0.05, 0) is 25.2 Å². The van der Waals surface area contributed by atoms with Crippen molar-refractivity contribution in [3.8, 4) is 0 Å². The van der Waals surface area contributed by atoms with Gasteiger partial charge in [0.1, 0.15) is 5.82 Å². The number of imidazole rings is 1. The van der Waals surface area contributed by atoms with Crippen LogP contribution in [0.15, 0.2) is 24.8 Å². The van der Waals surface area contributed by atoms with Crippen LogP contribution in [0.3, 0.4) is 0 Å². The zero-order chi connectivity index (χ0) is 17.8. The first-order valence-electron chi connectivity index (χ1n) is 9.73. The highest BCUT2D eigenvalue weighted by atomic mass is 16.5. The van der Waals surface area contributed by atoms with Crippen LogP contribution in [0, 0.1) is 5.92 Å². The lowest BCUT2D eigenvalue weighted by Crippen LogP contribution is -2.39. The van der Waals surface area contributed by atoms with Gasteiger partial charge in [0, 0.05) is 56.9 Å². The third kappa shape index (κ3) is 3.98. The molecule has 0 N–H and O–H groups in total. The number of rotatable bonds is 5. The summed E-state index contributed by atoms with van der Waals surface area (Å²) in [6.07, 6.45) is 9.21. The van der Waals surface area contributed by atoms with E-state index in [0.29, 0.717) is 5.92 Å². The van der Waals surface area contributed by atoms with Crippen molar-refractivity contribution >= 4 is 11.8 Å². The molecule has 26 heavy (non-hydrogen) atoms. The van der Waals surface area contributed by atoms with Gasteiger partial charge in [0.15, 0.2) is 0 Å². The van der Waals surface area contributed by atoms with Crippen LogP contribution >= 0.6 is 0 Å². The fourth-order valence-corrected chi connectivity index (χ4v) is 3.83. The third-order valence-electron chi connectivity index (χ3n) is 5.28. The Balaban J connectivity index is 1.51. The number of morpholine rings is 1. The van der Waals surface area contributed by atoms with E-state index in [1.165, 1.54) is 12.8 Å². The van der Waals surface area contributed by atoms with Gasteiger partial charge in [-0.25, -0.2) is 9.97 Å². The Kier molecular flexibility index (Phi) is 5.34. The first-order valence-corrected chi connectivity index (χ1v) is 9.73. The zero-order valence-electron chi connectivity index (χ0n) is 15.5. The van der Waals surface area contributed by atoms with E-state index in [-0.39, 0.29) is 0 Å². The van der Waals surface area contributed by atoms with Gasteiger partial charge >= 0.3 is 0 Å². The summed E-state index contributed by atoms with van der Waals surface area (Å²) in [5.41, 5.74) is 1.12. The van der Waals surface area contributed by atoms with Crippen molar-refractivity contribution in [1.82, 2.24) is 19.5 Å². The molecule has 4 heterocycles. The molecule has 2 saturated heterocycles. The fraction of sp³-hybridized carbons (Fsp3) is 0.632. The van der Waals surface area contributed by atoms with E-state index in [4.69, 9.17) is 14.7 Å². The Morgan fingerprint density at radius 3 is 2.81 bits per heavy atom. The average Bonchev–Trinajstić information content (AvgIpc) is 3.21. The summed E-state index contributed by atoms with van der Waals surface area (Å²) in [7, 11) is 0. The maximum Gasteiger partial charge on any atom is 0.227 e. The van der Waals surface area contributed by atoms with Gasteiger partial charge in [0.05, 0.1) is 19.5 Å². The average molecular weight is 356 g/mol. The monoisotopic (exact) mass is 356 g/mol. The second-order valence-electron chi connectivity index (χ2n) is 7.18. The van der Waals surface area contributed by atoms with E-state index < -0.39 is 0 Å². The predicted molar refractivity (Wildman–Crippen MR) is 102 cm³/mol. The summed E-state index contributed by atoms with van der Waals surface area (Å²) < 4.78 is 7.66. The van der Waals surface area contributed by atoms with Gasteiger partial charge in [0.25, 0.3) is 0 Å². The molecule has 1 atom stereocenters. The molecule has 0 amide bonds. The molecule has 2 aromatic heterocycles. The second kappa shape index (κ2) is 8.03. The summed E-state index contributed by atoms with van der Waals surface area (Å²) in [5.74, 6) is 2.57. The highest BCUT2D eigenvalue weighted by Gasteiger charge is 2.23. The van der Waals surface area contributed by atoms with Crippen LogP contribution in [-0.4, -0.2) is 58.9 Å². The lowest BCUT2D eigenvalue weighted by atomic mass is 9.98. The first-order chi connectivity index (χ1) is 12.8. The summed E-state index contributed by atoms with van der Waals surface area (Å²) >= 11 is 0. The predicted octanol–water partition coefficient (Wildman–Crippen LogP) is 1.99. The Bertz CT molecular complexity index is 698. The minimum atomic E-state index is 0.629. The van der Waals surface area contributed by atoms with Crippen molar-refractivity contribution in [2.24, 2.45) is 5.92 Å². The molecule has 4 rings (SSSR count). The molecule has 140 valence electrons. The van der Waals surface area contributed by atoms with E-state index in [9.17, 15) is 0 Å². The number of nitrogens with zero attached hydrogens (tertiary/aromatic N) is 6. The molecule has 0 aliphatic carbocycles. The number of piperidine rings is 1. The molecule has 2 fully saturated rings. The van der Waals surface area contributed by atoms with Crippen molar-refractivity contribution in [2.45, 2.75) is 32.7 Å². The molecule has 0 bridgehead atoms. The van der Waals surface area contributed by atoms with Crippen LogP contribution in [-0.2, 0) is 17.7 Å². The van der Waals surface area contributed by atoms with Crippen LogP contribution < -0.4 is 9.80 Å². The maximum atomic E-state index is 5.47. The second-order valence-corrected chi connectivity index (χ2v) is 7.18. The smallest absolute Gasteiger partial charge is 0.227 e. The van der Waals surface area contributed by atoms with Crippen LogP contribution in [0.1, 0.15) is 25.5 Å². The Morgan fingerprint density at radius 2 is 2.04 bits per heavy atom. The van der Waals surface area contributed by atoms with Crippen molar-refractivity contribution in [2.75, 3.05) is 49.2 Å². The molecule has 2 aromatic rings. The Morgan fingerprint density at radius 1 is 1.15 bits per heavy atom. The summed E-state index contributed by atoms with van der Waals surface area (Å²) in [4.78, 5) is 18.6. The number of hydrogen-bond donors (Lipinski definition) is 0. The number of aromatic nitrogens is 4. The van der Waals surface area contributed by atoms with Gasteiger partial charge in [-0.1, -0.05) is 6.92 Å². The summed E-state index contributed by atoms with van der Waals surface area (Å²) in [5, 5.41) is 0. The lowest BCUT2D eigenvalue weighted by molar-refractivity contribution is 0.122. The van der Waals surface area contributed by atoms with Gasteiger partial charge in [-0.3, -0.25) is 0 Å². The maximum absolute atomic E-state index is 5.47. The van der Waals surface area contributed by atoms with Crippen LogP contribution in [0.25, 0.3) is 0 Å². The number of ether oxygens (including phenoxy) is 1. The fourth-order valence-electron chi connectivity index (χ4n) is 3.83. The number of aryl methyl sites for hydroxylation is 1. The minimum absolute atomic E-state index is 0.629. The van der Waals surface area contributed by atoms with Gasteiger partial charge < -0.3 is 19.1 Å². The van der Waals surface area contributed by atoms with E-state index in [2.05, 4.69) is 38.5 Å². The molecule has 0 spiro atoms. The van der Waals surface area contributed by atoms with Crippen molar-refractivity contribution in [3.63, 3.8) is 0 Å². The van der Waals surface area contributed by atoms with Gasteiger partial charge in [-0.2, -0.15) is 4.98 Å². The molecule has 0 aromatic carbocycles. The topological polar surface area (TPSA) is 59.3 Å². The first kappa shape index (κ1) is 17.3. The molecule has 2 aliphatic rings. The normalized spacial score (nSPS) is 21.2. The standard InChI is InChI=1S/C19H28N6O/c1-2-17-12-18(22-19(21-17)24-8-10-26-11-9-24)25-6-3-4-16(14-25)13-23-7-5-20-15-23/h5,7,12,15-16H,2-4,6,8-11,13-14H2,1H3/t16-/m0/s1. The summed E-state index contributed by atoms with van der Waals surface area (Å²) in [6.45, 7) is 8.55. The summed E-state index contributed by atoms with van der Waals surface area (Å²) in [6, 6.07) is 2.17. The van der Waals surface area contributed by atoms with E-state index in [1.807, 2.05) is 12.5 Å². The molecule has 0 unspecified atom stereocenters.